The highest BCUT2D eigenvalue weighted by Crippen LogP contribution is 2.15. The number of nitrogens with zero attached hydrogens (tertiary/aromatic N) is 1. The minimum Gasteiger partial charge on any atom is -0.434 e. The maximum Gasteiger partial charge on any atom is 0.513 e. The largest absolute Gasteiger partial charge is 0.513 e. The monoisotopic (exact) mass is 347 g/mol. The Balaban J connectivity index is 0.000000585. The molecule has 0 amide bonds. The fourth-order valence-corrected chi connectivity index (χ4v) is 1.88. The lowest BCUT2D eigenvalue weighted by molar-refractivity contribution is 0.104. The van der Waals surface area contributed by atoms with E-state index in [1.807, 2.05) is 0 Å². The van der Waals surface area contributed by atoms with Gasteiger partial charge in [0.1, 0.15) is 5.75 Å². The second kappa shape index (κ2) is 11.0. The van der Waals surface area contributed by atoms with E-state index in [9.17, 15) is 13.2 Å². The number of ether oxygens (including phenoxy) is 2. The number of carbonyl (C=O) groups excluding carboxylic acids is 1. The van der Waals surface area contributed by atoms with Gasteiger partial charge in [-0.15, -0.1) is 0 Å². The van der Waals surface area contributed by atoms with Crippen molar-refractivity contribution < 1.29 is 27.2 Å². The highest BCUT2D eigenvalue weighted by atomic mass is 32.2. The Hall–Kier alpha value is -1.64. The first kappa shape index (κ1) is 21.4. The van der Waals surface area contributed by atoms with Gasteiger partial charge in [-0.2, -0.15) is 8.42 Å². The van der Waals surface area contributed by atoms with E-state index in [1.165, 1.54) is 31.5 Å². The van der Waals surface area contributed by atoms with Crippen molar-refractivity contribution in [1.82, 2.24) is 4.90 Å². The molecule has 1 rings (SSSR count). The Bertz CT molecular complexity index is 554. The predicted molar refractivity (Wildman–Crippen MR) is 87.4 cm³/mol. The van der Waals surface area contributed by atoms with Crippen LogP contribution in [0.2, 0.25) is 0 Å². The summed E-state index contributed by atoms with van der Waals surface area (Å²) in [7, 11) is -0.0164. The lowest BCUT2D eigenvalue weighted by Crippen LogP contribution is -2.12. The molecule has 132 valence electrons. The first-order chi connectivity index (χ1) is 10.7. The molecular weight excluding hydrogens is 322 g/mol. The van der Waals surface area contributed by atoms with Crippen LogP contribution in [-0.4, -0.2) is 51.3 Å². The number of carbonyl (C=O) groups is 1. The summed E-state index contributed by atoms with van der Waals surface area (Å²) in [6.45, 7) is 5.25. The average molecular weight is 347 g/mol. The molecule has 0 aliphatic carbocycles. The molecule has 0 heterocycles. The Morgan fingerprint density at radius 2 is 1.74 bits per heavy atom. The summed E-state index contributed by atoms with van der Waals surface area (Å²) in [4.78, 5) is 12.8. The molecule has 0 spiro atoms. The standard InChI is InChI=1S/C9H10O6S.C6H15N/c1-2-14-9(10)15-7-3-5-8(6-4-7)16(11,12)13;1-4-5-6-7(2)3/h3-6H,2H2,1H3,(H,11,12,13);4-6H2,1-3H3. The lowest BCUT2D eigenvalue weighted by Gasteiger charge is -2.05. The molecule has 0 atom stereocenters. The second-order valence-corrected chi connectivity index (χ2v) is 6.31. The summed E-state index contributed by atoms with van der Waals surface area (Å²) < 4.78 is 39.3. The van der Waals surface area contributed by atoms with Gasteiger partial charge in [-0.25, -0.2) is 4.79 Å². The van der Waals surface area contributed by atoms with Gasteiger partial charge < -0.3 is 14.4 Å². The third kappa shape index (κ3) is 10.7. The van der Waals surface area contributed by atoms with Gasteiger partial charge in [-0.1, -0.05) is 13.3 Å². The van der Waals surface area contributed by atoms with Crippen molar-refractivity contribution in [3.8, 4) is 5.75 Å². The molecule has 0 bridgehead atoms. The molecule has 1 N–H and O–H groups in total. The van der Waals surface area contributed by atoms with Crippen molar-refractivity contribution in [3.63, 3.8) is 0 Å². The van der Waals surface area contributed by atoms with Crippen molar-refractivity contribution >= 4 is 16.3 Å². The van der Waals surface area contributed by atoms with Crippen molar-refractivity contribution in [1.29, 1.82) is 0 Å². The maximum absolute atomic E-state index is 10.9. The second-order valence-electron chi connectivity index (χ2n) is 4.89. The predicted octanol–water partition coefficient (Wildman–Crippen LogP) is 2.82. The molecule has 1 aromatic rings. The summed E-state index contributed by atoms with van der Waals surface area (Å²) in [6.07, 6.45) is 1.76. The molecule has 7 nitrogen and oxygen atoms in total. The van der Waals surface area contributed by atoms with E-state index >= 15 is 0 Å². The van der Waals surface area contributed by atoms with Crippen LogP contribution < -0.4 is 4.74 Å². The number of hydrogen-bond acceptors (Lipinski definition) is 6. The van der Waals surface area contributed by atoms with E-state index < -0.39 is 16.3 Å². The van der Waals surface area contributed by atoms with Gasteiger partial charge in [0.15, 0.2) is 0 Å². The molecule has 0 saturated heterocycles. The van der Waals surface area contributed by atoms with Crippen LogP contribution in [-0.2, 0) is 14.9 Å². The van der Waals surface area contributed by atoms with Crippen molar-refractivity contribution in [2.45, 2.75) is 31.6 Å². The Kier molecular flexibility index (Phi) is 10.2. The number of rotatable bonds is 6. The SMILES string of the molecule is CCCCN(C)C.CCOC(=O)Oc1ccc(S(=O)(=O)O)cc1. The summed E-state index contributed by atoms with van der Waals surface area (Å²) in [5.41, 5.74) is 0. The van der Waals surface area contributed by atoms with E-state index in [0.717, 1.165) is 12.1 Å². The van der Waals surface area contributed by atoms with Crippen LogP contribution in [0.4, 0.5) is 4.79 Å². The van der Waals surface area contributed by atoms with E-state index in [1.54, 1.807) is 6.92 Å². The Morgan fingerprint density at radius 3 is 2.09 bits per heavy atom. The van der Waals surface area contributed by atoms with Crippen molar-refractivity contribution in [3.05, 3.63) is 24.3 Å². The Labute approximate surface area is 137 Å². The van der Waals surface area contributed by atoms with Gasteiger partial charge in [-0.05, 0) is 58.3 Å². The van der Waals surface area contributed by atoms with E-state index in [2.05, 4.69) is 35.4 Å². The van der Waals surface area contributed by atoms with Gasteiger partial charge in [0.05, 0.1) is 11.5 Å². The van der Waals surface area contributed by atoms with E-state index in [4.69, 9.17) is 4.55 Å². The van der Waals surface area contributed by atoms with Gasteiger partial charge in [0.25, 0.3) is 10.1 Å². The zero-order valence-corrected chi connectivity index (χ0v) is 14.8. The molecule has 0 aliphatic rings. The quantitative estimate of drug-likeness (QED) is 0.480. The van der Waals surface area contributed by atoms with Crippen molar-refractivity contribution in [2.75, 3.05) is 27.2 Å². The summed E-state index contributed by atoms with van der Waals surface area (Å²) >= 11 is 0. The van der Waals surface area contributed by atoms with Gasteiger partial charge in [0, 0.05) is 0 Å². The highest BCUT2D eigenvalue weighted by Gasteiger charge is 2.10. The molecule has 1 aromatic carbocycles. The summed E-state index contributed by atoms with van der Waals surface area (Å²) in [6, 6.07) is 4.70. The number of benzene rings is 1. The molecule has 23 heavy (non-hydrogen) atoms. The molecule has 0 saturated carbocycles. The Morgan fingerprint density at radius 1 is 1.17 bits per heavy atom. The molecule has 0 fully saturated rings. The first-order valence-corrected chi connectivity index (χ1v) is 8.71. The van der Waals surface area contributed by atoms with Crippen molar-refractivity contribution in [2.24, 2.45) is 0 Å². The minimum atomic E-state index is -4.23. The highest BCUT2D eigenvalue weighted by molar-refractivity contribution is 7.85. The molecule has 0 radical (unpaired) electrons. The van der Waals surface area contributed by atoms with Gasteiger partial charge in [0.2, 0.25) is 0 Å². The molecule has 0 aliphatic heterocycles. The van der Waals surface area contributed by atoms with Gasteiger partial charge >= 0.3 is 6.16 Å². The van der Waals surface area contributed by atoms with Crippen LogP contribution in [0, 0.1) is 0 Å². The van der Waals surface area contributed by atoms with Crippen LogP contribution in [0.5, 0.6) is 5.75 Å². The normalized spacial score (nSPS) is 10.7. The third-order valence-electron chi connectivity index (χ3n) is 2.54. The summed E-state index contributed by atoms with van der Waals surface area (Å²) in [5.74, 6) is 0.130. The topological polar surface area (TPSA) is 93.1 Å². The molecule has 0 aromatic heterocycles. The maximum atomic E-state index is 10.9. The van der Waals surface area contributed by atoms with E-state index in [-0.39, 0.29) is 17.3 Å². The fraction of sp³-hybridized carbons (Fsp3) is 0.533. The summed E-state index contributed by atoms with van der Waals surface area (Å²) in [5, 5.41) is 0. The first-order valence-electron chi connectivity index (χ1n) is 7.27. The average Bonchev–Trinajstić information content (AvgIpc) is 2.45. The van der Waals surface area contributed by atoms with Crippen LogP contribution in [0.25, 0.3) is 0 Å². The molecular formula is C15H25NO6S. The smallest absolute Gasteiger partial charge is 0.434 e. The van der Waals surface area contributed by atoms with E-state index in [0.29, 0.717) is 0 Å². The number of unbranched alkanes of at least 4 members (excludes halogenated alkanes) is 1. The molecule has 0 unspecified atom stereocenters. The zero-order chi connectivity index (χ0) is 17.9. The lowest BCUT2D eigenvalue weighted by atomic mass is 10.3. The third-order valence-corrected chi connectivity index (χ3v) is 3.41. The fourth-order valence-electron chi connectivity index (χ4n) is 1.40. The zero-order valence-electron chi connectivity index (χ0n) is 14.0. The minimum absolute atomic E-state index is 0.130. The number of hydrogen-bond donors (Lipinski definition) is 1. The van der Waals surface area contributed by atoms with Crippen LogP contribution in [0.15, 0.2) is 29.2 Å². The van der Waals surface area contributed by atoms with Crippen LogP contribution in [0.1, 0.15) is 26.7 Å². The van der Waals surface area contributed by atoms with Crippen LogP contribution >= 0.6 is 0 Å². The van der Waals surface area contributed by atoms with Crippen LogP contribution in [0.3, 0.4) is 0 Å². The van der Waals surface area contributed by atoms with Gasteiger partial charge in [-0.3, -0.25) is 4.55 Å². The molecule has 8 heteroatoms.